The molecule has 3 N–H and O–H groups in total. The fourth-order valence-corrected chi connectivity index (χ4v) is 2.24. The topological polar surface area (TPSA) is 105 Å². The number of H-pyrrole nitrogens is 1. The number of aromatic nitrogens is 2. The lowest BCUT2D eigenvalue weighted by Gasteiger charge is -2.14. The van der Waals surface area contributed by atoms with E-state index in [1.165, 1.54) is 21.8 Å². The first-order valence-corrected chi connectivity index (χ1v) is 6.55. The molecule has 1 saturated heterocycles. The lowest BCUT2D eigenvalue weighted by atomic mass is 10.2. The van der Waals surface area contributed by atoms with Crippen LogP contribution in [0.3, 0.4) is 0 Å². The van der Waals surface area contributed by atoms with E-state index in [0.717, 1.165) is 0 Å². The van der Waals surface area contributed by atoms with Crippen molar-refractivity contribution in [2.45, 2.75) is 24.9 Å². The van der Waals surface area contributed by atoms with Crippen LogP contribution >= 0.6 is 15.9 Å². The SMILES string of the molecule is O=c1[nH]c(=O)n([C@H]2C[C@H](O)[C@H](CO)O2)cc1/C=C/Br. The number of aromatic amines is 1. The summed E-state index contributed by atoms with van der Waals surface area (Å²) in [6, 6.07) is 0. The lowest BCUT2D eigenvalue weighted by Crippen LogP contribution is -2.33. The van der Waals surface area contributed by atoms with E-state index in [2.05, 4.69) is 20.9 Å². The Bertz CT molecular complexity index is 593. The summed E-state index contributed by atoms with van der Waals surface area (Å²) in [5.41, 5.74) is -0.844. The standard InChI is InChI=1S/C11H13BrN2O5/c12-2-1-6-4-14(11(18)13-10(6)17)9-3-7(16)8(5-15)19-9/h1-2,4,7-9,15-16H,3,5H2,(H,13,17,18)/b2-1+/t7-,8-,9+/m0/s1. The van der Waals surface area contributed by atoms with E-state index >= 15 is 0 Å². The van der Waals surface area contributed by atoms with Gasteiger partial charge in [-0.15, -0.1) is 0 Å². The fourth-order valence-electron chi connectivity index (χ4n) is 1.95. The third kappa shape index (κ3) is 2.86. The Morgan fingerprint density at radius 1 is 1.58 bits per heavy atom. The summed E-state index contributed by atoms with van der Waals surface area (Å²) in [6.45, 7) is -0.329. The Balaban J connectivity index is 2.38. The molecule has 19 heavy (non-hydrogen) atoms. The zero-order chi connectivity index (χ0) is 14.0. The molecule has 0 spiro atoms. The van der Waals surface area contributed by atoms with Gasteiger partial charge in [-0.3, -0.25) is 14.3 Å². The van der Waals surface area contributed by atoms with E-state index in [1.807, 2.05) is 0 Å². The van der Waals surface area contributed by atoms with Gasteiger partial charge in [-0.1, -0.05) is 15.9 Å². The van der Waals surface area contributed by atoms with Gasteiger partial charge in [-0.05, 0) is 11.1 Å². The van der Waals surface area contributed by atoms with E-state index in [-0.39, 0.29) is 18.6 Å². The number of nitrogens with one attached hydrogen (secondary N) is 1. The molecule has 1 aliphatic heterocycles. The number of halogens is 1. The highest BCUT2D eigenvalue weighted by Gasteiger charge is 2.35. The zero-order valence-electron chi connectivity index (χ0n) is 9.82. The Morgan fingerprint density at radius 2 is 2.32 bits per heavy atom. The van der Waals surface area contributed by atoms with E-state index in [9.17, 15) is 14.7 Å². The molecule has 2 heterocycles. The van der Waals surface area contributed by atoms with Crippen molar-refractivity contribution in [1.29, 1.82) is 0 Å². The molecule has 0 aliphatic carbocycles. The maximum Gasteiger partial charge on any atom is 0.330 e. The molecule has 8 heteroatoms. The van der Waals surface area contributed by atoms with Gasteiger partial charge in [0, 0.05) is 12.6 Å². The van der Waals surface area contributed by atoms with Crippen LogP contribution in [0.4, 0.5) is 0 Å². The Kier molecular flexibility index (Phi) is 4.35. The van der Waals surface area contributed by atoms with Crippen molar-refractivity contribution in [3.8, 4) is 0 Å². The predicted octanol–water partition coefficient (Wildman–Crippen LogP) is -0.457. The van der Waals surface area contributed by atoms with Gasteiger partial charge in [0.2, 0.25) is 0 Å². The number of aliphatic hydroxyl groups is 2. The van der Waals surface area contributed by atoms with Crippen LogP contribution in [0.25, 0.3) is 6.08 Å². The number of aliphatic hydroxyl groups excluding tert-OH is 2. The summed E-state index contributed by atoms with van der Waals surface area (Å²) in [5, 5.41) is 18.7. The summed E-state index contributed by atoms with van der Waals surface area (Å²) in [4.78, 5) is 26.9. The maximum atomic E-state index is 11.7. The second-order valence-corrected chi connectivity index (χ2v) is 4.69. The van der Waals surface area contributed by atoms with Crippen molar-refractivity contribution in [3.05, 3.63) is 37.6 Å². The minimum atomic E-state index is -0.844. The van der Waals surface area contributed by atoms with Gasteiger partial charge in [0.05, 0.1) is 18.3 Å². The third-order valence-corrected chi connectivity index (χ3v) is 3.20. The van der Waals surface area contributed by atoms with Gasteiger partial charge >= 0.3 is 5.69 Å². The summed E-state index contributed by atoms with van der Waals surface area (Å²) in [6.07, 6.45) is 0.746. The van der Waals surface area contributed by atoms with Crippen LogP contribution in [0.15, 0.2) is 20.8 Å². The minimum Gasteiger partial charge on any atom is -0.394 e. The van der Waals surface area contributed by atoms with Crippen molar-refractivity contribution < 1.29 is 14.9 Å². The number of ether oxygens (including phenoxy) is 1. The molecule has 3 atom stereocenters. The molecule has 0 amide bonds. The van der Waals surface area contributed by atoms with Crippen LogP contribution in [0.2, 0.25) is 0 Å². The van der Waals surface area contributed by atoms with E-state index < -0.39 is 29.7 Å². The number of hydrogen-bond donors (Lipinski definition) is 3. The van der Waals surface area contributed by atoms with Crippen LogP contribution in [-0.4, -0.2) is 38.6 Å². The lowest BCUT2D eigenvalue weighted by molar-refractivity contribution is -0.0459. The molecule has 1 aromatic rings. The smallest absolute Gasteiger partial charge is 0.330 e. The molecule has 0 unspecified atom stereocenters. The molecule has 1 aromatic heterocycles. The molecule has 0 saturated carbocycles. The first-order valence-electron chi connectivity index (χ1n) is 5.63. The normalized spacial score (nSPS) is 27.2. The van der Waals surface area contributed by atoms with Crippen LogP contribution in [-0.2, 0) is 4.74 Å². The molecule has 0 aromatic carbocycles. The van der Waals surface area contributed by atoms with Crippen LogP contribution in [0.5, 0.6) is 0 Å². The molecule has 7 nitrogen and oxygen atoms in total. The van der Waals surface area contributed by atoms with Gasteiger partial charge in [0.25, 0.3) is 5.56 Å². The van der Waals surface area contributed by atoms with Crippen molar-refractivity contribution in [1.82, 2.24) is 9.55 Å². The third-order valence-electron chi connectivity index (χ3n) is 2.93. The van der Waals surface area contributed by atoms with Crippen LogP contribution in [0.1, 0.15) is 18.2 Å². The van der Waals surface area contributed by atoms with Crippen LogP contribution < -0.4 is 11.2 Å². The molecule has 104 valence electrons. The zero-order valence-corrected chi connectivity index (χ0v) is 11.4. The highest BCUT2D eigenvalue weighted by molar-refractivity contribution is 9.11. The van der Waals surface area contributed by atoms with Gasteiger partial charge in [-0.2, -0.15) is 0 Å². The van der Waals surface area contributed by atoms with Crippen LogP contribution in [0, 0.1) is 0 Å². The maximum absolute atomic E-state index is 11.7. The minimum absolute atomic E-state index is 0.175. The first kappa shape index (κ1) is 14.2. The fraction of sp³-hybridized carbons (Fsp3) is 0.455. The van der Waals surface area contributed by atoms with Crippen molar-refractivity contribution >= 4 is 22.0 Å². The molecule has 2 rings (SSSR count). The highest BCUT2D eigenvalue weighted by atomic mass is 79.9. The summed E-state index contributed by atoms with van der Waals surface area (Å²) < 4.78 is 6.56. The average Bonchev–Trinajstić information content (AvgIpc) is 2.74. The van der Waals surface area contributed by atoms with Crippen molar-refractivity contribution in [2.24, 2.45) is 0 Å². The summed E-state index contributed by atoms with van der Waals surface area (Å²) in [5.74, 6) is 0. The van der Waals surface area contributed by atoms with Crippen molar-refractivity contribution in [2.75, 3.05) is 6.61 Å². The monoisotopic (exact) mass is 332 g/mol. The molecular formula is C11H13BrN2O5. The van der Waals surface area contributed by atoms with E-state index in [0.29, 0.717) is 0 Å². The Labute approximate surface area is 116 Å². The summed E-state index contributed by atoms with van der Waals surface area (Å²) in [7, 11) is 0. The number of nitrogens with zero attached hydrogens (tertiary/aromatic N) is 1. The van der Waals surface area contributed by atoms with Crippen molar-refractivity contribution in [3.63, 3.8) is 0 Å². The molecule has 0 radical (unpaired) electrons. The first-order chi connectivity index (χ1) is 9.06. The second kappa shape index (κ2) is 5.83. The van der Waals surface area contributed by atoms with E-state index in [4.69, 9.17) is 9.84 Å². The van der Waals surface area contributed by atoms with E-state index in [1.54, 1.807) is 0 Å². The van der Waals surface area contributed by atoms with Gasteiger partial charge in [0.1, 0.15) is 12.3 Å². The molecule has 1 aliphatic rings. The average molecular weight is 333 g/mol. The molecule has 0 bridgehead atoms. The Morgan fingerprint density at radius 3 is 2.89 bits per heavy atom. The summed E-state index contributed by atoms with van der Waals surface area (Å²) >= 11 is 3.05. The molecule has 1 fully saturated rings. The number of rotatable bonds is 3. The van der Waals surface area contributed by atoms with Gasteiger partial charge < -0.3 is 14.9 Å². The number of hydrogen-bond acceptors (Lipinski definition) is 5. The quantitative estimate of drug-likeness (QED) is 0.695. The van der Waals surface area contributed by atoms with Gasteiger partial charge in [-0.25, -0.2) is 4.79 Å². The second-order valence-electron chi connectivity index (χ2n) is 4.16. The molecular weight excluding hydrogens is 320 g/mol. The predicted molar refractivity (Wildman–Crippen MR) is 70.9 cm³/mol. The highest BCUT2D eigenvalue weighted by Crippen LogP contribution is 2.27. The van der Waals surface area contributed by atoms with Gasteiger partial charge in [0.15, 0.2) is 0 Å². The largest absolute Gasteiger partial charge is 0.394 e. The Hall–Kier alpha value is -1.22.